The van der Waals surface area contributed by atoms with E-state index < -0.39 is 0 Å². The Balaban J connectivity index is 1.39. The van der Waals surface area contributed by atoms with Crippen LogP contribution in [0.4, 0.5) is 4.79 Å². The second-order valence-corrected chi connectivity index (χ2v) is 6.34. The van der Waals surface area contributed by atoms with Gasteiger partial charge in [-0.2, -0.15) is 0 Å². The molecule has 1 aliphatic rings. The van der Waals surface area contributed by atoms with Crippen molar-refractivity contribution >= 4 is 17.4 Å². The quantitative estimate of drug-likeness (QED) is 0.891. The fraction of sp³-hybridized carbons (Fsp3) is 0.375. The Morgan fingerprint density at radius 2 is 2.32 bits per heavy atom. The summed E-state index contributed by atoms with van der Waals surface area (Å²) in [5.74, 6) is 1.14. The van der Waals surface area contributed by atoms with Crippen LogP contribution in [0.2, 0.25) is 0 Å². The van der Waals surface area contributed by atoms with Gasteiger partial charge in [-0.25, -0.2) is 9.78 Å². The van der Waals surface area contributed by atoms with E-state index in [1.165, 1.54) is 5.56 Å². The number of hydrogen-bond acceptors (Lipinski definition) is 4. The SMILES string of the molecule is C[C@H](CNC(=O)NC[C@@H]1Cc2ccccc2O1)c1nccs1. The number of aromatic nitrogens is 1. The summed E-state index contributed by atoms with van der Waals surface area (Å²) in [7, 11) is 0. The van der Waals surface area contributed by atoms with Gasteiger partial charge in [-0.15, -0.1) is 11.3 Å². The Hall–Kier alpha value is -2.08. The van der Waals surface area contributed by atoms with Gasteiger partial charge in [-0.3, -0.25) is 0 Å². The highest BCUT2D eigenvalue weighted by Crippen LogP contribution is 2.27. The van der Waals surface area contributed by atoms with Gasteiger partial charge in [0.25, 0.3) is 0 Å². The van der Waals surface area contributed by atoms with Gasteiger partial charge in [-0.1, -0.05) is 25.1 Å². The van der Waals surface area contributed by atoms with Gasteiger partial charge < -0.3 is 15.4 Å². The number of ether oxygens (including phenoxy) is 1. The lowest BCUT2D eigenvalue weighted by atomic mass is 10.1. The number of urea groups is 1. The van der Waals surface area contributed by atoms with E-state index >= 15 is 0 Å². The van der Waals surface area contributed by atoms with E-state index in [0.29, 0.717) is 13.1 Å². The van der Waals surface area contributed by atoms with Gasteiger partial charge in [0.05, 0.1) is 11.6 Å². The van der Waals surface area contributed by atoms with Crippen LogP contribution < -0.4 is 15.4 Å². The van der Waals surface area contributed by atoms with Gasteiger partial charge in [0.15, 0.2) is 0 Å². The molecule has 1 aromatic carbocycles. The maximum Gasteiger partial charge on any atom is 0.314 e. The normalized spacial score (nSPS) is 17.4. The number of benzene rings is 1. The summed E-state index contributed by atoms with van der Waals surface area (Å²) in [5.41, 5.74) is 1.20. The van der Waals surface area contributed by atoms with Crippen LogP contribution in [0.25, 0.3) is 0 Å². The first-order valence-corrected chi connectivity index (χ1v) is 8.26. The molecule has 0 radical (unpaired) electrons. The Morgan fingerprint density at radius 3 is 3.09 bits per heavy atom. The van der Waals surface area contributed by atoms with E-state index in [1.807, 2.05) is 23.6 Å². The molecule has 0 saturated heterocycles. The maximum atomic E-state index is 11.9. The van der Waals surface area contributed by atoms with Gasteiger partial charge in [0.1, 0.15) is 11.9 Å². The third-order valence-electron chi connectivity index (χ3n) is 3.65. The van der Waals surface area contributed by atoms with Gasteiger partial charge in [-0.05, 0) is 11.6 Å². The van der Waals surface area contributed by atoms with E-state index in [9.17, 15) is 4.79 Å². The van der Waals surface area contributed by atoms with Crippen LogP contribution in [0.1, 0.15) is 23.4 Å². The van der Waals surface area contributed by atoms with Crippen molar-refractivity contribution in [2.24, 2.45) is 0 Å². The molecule has 0 spiro atoms. The first-order chi connectivity index (χ1) is 10.7. The molecular formula is C16H19N3O2S. The average Bonchev–Trinajstić information content (AvgIpc) is 3.19. The molecule has 1 aliphatic heterocycles. The predicted molar refractivity (Wildman–Crippen MR) is 86.5 cm³/mol. The zero-order valence-electron chi connectivity index (χ0n) is 12.4. The summed E-state index contributed by atoms with van der Waals surface area (Å²) in [5, 5.41) is 8.73. The van der Waals surface area contributed by atoms with Crippen molar-refractivity contribution in [1.82, 2.24) is 15.6 Å². The largest absolute Gasteiger partial charge is 0.488 e. The zero-order valence-corrected chi connectivity index (χ0v) is 13.2. The van der Waals surface area contributed by atoms with E-state index in [4.69, 9.17) is 4.74 Å². The molecule has 2 atom stereocenters. The number of carbonyl (C=O) groups is 1. The molecule has 5 nitrogen and oxygen atoms in total. The maximum absolute atomic E-state index is 11.9. The summed E-state index contributed by atoms with van der Waals surface area (Å²) in [4.78, 5) is 16.1. The Labute approximate surface area is 133 Å². The van der Waals surface area contributed by atoms with Crippen molar-refractivity contribution in [3.63, 3.8) is 0 Å². The molecule has 6 heteroatoms. The minimum absolute atomic E-state index is 0.0135. The van der Waals surface area contributed by atoms with Crippen molar-refractivity contribution in [2.75, 3.05) is 13.1 Å². The van der Waals surface area contributed by atoms with E-state index in [2.05, 4.69) is 28.6 Å². The molecule has 0 fully saturated rings. The fourth-order valence-electron chi connectivity index (χ4n) is 2.45. The molecule has 0 bridgehead atoms. The van der Waals surface area contributed by atoms with Crippen LogP contribution in [0, 0.1) is 0 Å². The van der Waals surface area contributed by atoms with Crippen LogP contribution in [0.5, 0.6) is 5.75 Å². The summed E-state index contributed by atoms with van der Waals surface area (Å²) in [6.45, 7) is 3.13. The third-order valence-corrected chi connectivity index (χ3v) is 4.65. The molecule has 2 N–H and O–H groups in total. The Kier molecular flexibility index (Phi) is 4.58. The van der Waals surface area contributed by atoms with Crippen LogP contribution in [0.15, 0.2) is 35.8 Å². The monoisotopic (exact) mass is 317 g/mol. The molecule has 116 valence electrons. The van der Waals surface area contributed by atoms with Gasteiger partial charge in [0.2, 0.25) is 0 Å². The van der Waals surface area contributed by atoms with E-state index in [-0.39, 0.29) is 18.1 Å². The smallest absolute Gasteiger partial charge is 0.314 e. The average molecular weight is 317 g/mol. The number of fused-ring (bicyclic) bond motifs is 1. The van der Waals surface area contributed by atoms with Crippen LogP contribution in [-0.4, -0.2) is 30.2 Å². The number of hydrogen-bond donors (Lipinski definition) is 2. The molecule has 2 amide bonds. The summed E-state index contributed by atoms with van der Waals surface area (Å²) >= 11 is 1.61. The summed E-state index contributed by atoms with van der Waals surface area (Å²) < 4.78 is 5.79. The topological polar surface area (TPSA) is 63.2 Å². The highest BCUT2D eigenvalue weighted by molar-refractivity contribution is 7.09. The van der Waals surface area contributed by atoms with Gasteiger partial charge >= 0.3 is 6.03 Å². The molecule has 0 unspecified atom stereocenters. The molecule has 0 saturated carbocycles. The lowest BCUT2D eigenvalue weighted by molar-refractivity contribution is 0.213. The molecule has 2 heterocycles. The lowest BCUT2D eigenvalue weighted by Gasteiger charge is -2.14. The highest BCUT2D eigenvalue weighted by atomic mass is 32.1. The van der Waals surface area contributed by atoms with E-state index in [1.54, 1.807) is 17.5 Å². The van der Waals surface area contributed by atoms with Crippen LogP contribution in [0.3, 0.4) is 0 Å². The van der Waals surface area contributed by atoms with Gasteiger partial charge in [0, 0.05) is 30.5 Å². The molecule has 2 aromatic rings. The summed E-state index contributed by atoms with van der Waals surface area (Å²) in [6, 6.07) is 7.82. The lowest BCUT2D eigenvalue weighted by Crippen LogP contribution is -2.42. The Morgan fingerprint density at radius 1 is 1.45 bits per heavy atom. The number of carbonyl (C=O) groups excluding carboxylic acids is 1. The minimum atomic E-state index is -0.164. The van der Waals surface area contributed by atoms with Crippen molar-refractivity contribution in [1.29, 1.82) is 0 Å². The number of nitrogens with one attached hydrogen (secondary N) is 2. The van der Waals surface area contributed by atoms with Crippen molar-refractivity contribution in [3.05, 3.63) is 46.4 Å². The molecule has 1 aromatic heterocycles. The number of nitrogens with zero attached hydrogens (tertiary/aromatic N) is 1. The van der Waals surface area contributed by atoms with Crippen molar-refractivity contribution in [3.8, 4) is 5.75 Å². The molecule has 3 rings (SSSR count). The van der Waals surface area contributed by atoms with E-state index in [0.717, 1.165) is 17.2 Å². The highest BCUT2D eigenvalue weighted by Gasteiger charge is 2.22. The zero-order chi connectivity index (χ0) is 15.4. The minimum Gasteiger partial charge on any atom is -0.488 e. The fourth-order valence-corrected chi connectivity index (χ4v) is 3.15. The number of thiazole rings is 1. The standard InChI is InChI=1S/C16H19N3O2S/c1-11(15-17-6-7-22-15)9-18-16(20)19-10-13-8-12-4-2-3-5-14(12)21-13/h2-7,11,13H,8-10H2,1H3,(H2,18,19,20)/t11-,13+/m1/s1. The predicted octanol–water partition coefficient (Wildman–Crippen LogP) is 2.55. The number of para-hydroxylation sites is 1. The molecule has 22 heavy (non-hydrogen) atoms. The first-order valence-electron chi connectivity index (χ1n) is 7.38. The second-order valence-electron chi connectivity index (χ2n) is 5.41. The second kappa shape index (κ2) is 6.79. The number of amides is 2. The third kappa shape index (κ3) is 3.57. The van der Waals surface area contributed by atoms with Crippen molar-refractivity contribution in [2.45, 2.75) is 25.4 Å². The first kappa shape index (κ1) is 14.8. The summed E-state index contributed by atoms with van der Waals surface area (Å²) in [6.07, 6.45) is 2.64. The molecule has 0 aliphatic carbocycles. The van der Waals surface area contributed by atoms with Crippen LogP contribution in [-0.2, 0) is 6.42 Å². The Bertz CT molecular complexity index is 605. The molecular weight excluding hydrogens is 298 g/mol. The van der Waals surface area contributed by atoms with Crippen LogP contribution >= 0.6 is 11.3 Å². The van der Waals surface area contributed by atoms with Crippen molar-refractivity contribution < 1.29 is 9.53 Å². The number of rotatable bonds is 5.